The first-order valence-corrected chi connectivity index (χ1v) is 8.18. The molecule has 1 aliphatic rings. The lowest BCUT2D eigenvalue weighted by atomic mass is 9.98. The van der Waals surface area contributed by atoms with Crippen molar-refractivity contribution in [3.63, 3.8) is 0 Å². The average Bonchev–Trinajstić information content (AvgIpc) is 3.03. The molecule has 0 unspecified atom stereocenters. The molecule has 0 fully saturated rings. The van der Waals surface area contributed by atoms with Crippen molar-refractivity contribution in [2.75, 3.05) is 0 Å². The summed E-state index contributed by atoms with van der Waals surface area (Å²) in [6.45, 7) is 6.84. The van der Waals surface area contributed by atoms with E-state index in [4.69, 9.17) is 5.73 Å². The molecule has 1 aromatic heterocycles. The predicted molar refractivity (Wildman–Crippen MR) is 98.0 cm³/mol. The molecule has 0 bridgehead atoms. The fraction of sp³-hybridized carbons (Fsp3) is 0.250. The highest BCUT2D eigenvalue weighted by Gasteiger charge is 2.24. The van der Waals surface area contributed by atoms with E-state index in [9.17, 15) is 8.78 Å². The summed E-state index contributed by atoms with van der Waals surface area (Å²) in [6, 6.07) is 4.41. The number of rotatable bonds is 4. The Morgan fingerprint density at radius 1 is 1.32 bits per heavy atom. The Bertz CT molecular complexity index is 924. The largest absolute Gasteiger partial charge is 0.398 e. The number of benzene rings is 1. The molecule has 0 radical (unpaired) electrons. The maximum absolute atomic E-state index is 13.5. The van der Waals surface area contributed by atoms with E-state index in [-0.39, 0.29) is 5.56 Å². The Kier molecular flexibility index (Phi) is 4.33. The SMILES string of the molecule is C=C(/C(C)=C(\N)C1=CCCC=C1)c1nc2ccc(C(C)(F)F)cc2[nH]1. The van der Waals surface area contributed by atoms with Gasteiger partial charge in [-0.3, -0.25) is 0 Å². The van der Waals surface area contributed by atoms with Gasteiger partial charge in [0, 0.05) is 23.8 Å². The summed E-state index contributed by atoms with van der Waals surface area (Å²) >= 11 is 0. The lowest BCUT2D eigenvalue weighted by molar-refractivity contribution is 0.0176. The van der Waals surface area contributed by atoms with E-state index in [1.807, 2.05) is 13.0 Å². The fourth-order valence-corrected chi connectivity index (χ4v) is 2.80. The number of H-pyrrole nitrogens is 1. The maximum Gasteiger partial charge on any atom is 0.270 e. The third kappa shape index (κ3) is 3.40. The van der Waals surface area contributed by atoms with Gasteiger partial charge < -0.3 is 10.7 Å². The zero-order valence-electron chi connectivity index (χ0n) is 14.4. The van der Waals surface area contributed by atoms with E-state index in [0.29, 0.717) is 28.1 Å². The number of aromatic nitrogens is 2. The molecular weight excluding hydrogens is 320 g/mol. The van der Waals surface area contributed by atoms with Crippen LogP contribution < -0.4 is 5.73 Å². The van der Waals surface area contributed by atoms with Crippen LogP contribution in [-0.4, -0.2) is 9.97 Å². The number of allylic oxidation sites excluding steroid dienone is 5. The zero-order chi connectivity index (χ0) is 18.2. The Morgan fingerprint density at radius 2 is 2.08 bits per heavy atom. The lowest BCUT2D eigenvalue weighted by Crippen LogP contribution is -2.06. The van der Waals surface area contributed by atoms with Gasteiger partial charge in [0.05, 0.1) is 11.0 Å². The fourth-order valence-electron chi connectivity index (χ4n) is 2.80. The zero-order valence-corrected chi connectivity index (χ0v) is 14.4. The minimum absolute atomic E-state index is 0.0508. The Hall–Kier alpha value is -2.69. The molecule has 0 spiro atoms. The van der Waals surface area contributed by atoms with Gasteiger partial charge in [0.1, 0.15) is 5.82 Å². The lowest BCUT2D eigenvalue weighted by Gasteiger charge is -2.12. The number of imidazole rings is 1. The summed E-state index contributed by atoms with van der Waals surface area (Å²) in [6.07, 6.45) is 8.17. The van der Waals surface area contributed by atoms with Crippen LogP contribution in [0.25, 0.3) is 16.6 Å². The van der Waals surface area contributed by atoms with Crippen molar-refractivity contribution in [3.05, 3.63) is 71.2 Å². The topological polar surface area (TPSA) is 54.7 Å². The van der Waals surface area contributed by atoms with Crippen molar-refractivity contribution in [3.8, 4) is 0 Å². The molecule has 130 valence electrons. The van der Waals surface area contributed by atoms with Gasteiger partial charge in [-0.15, -0.1) is 0 Å². The molecule has 25 heavy (non-hydrogen) atoms. The standard InChI is InChI=1S/C20H21F2N3/c1-12(18(23)14-7-5-4-6-8-14)13(2)19-24-16-10-9-15(20(3,21)22)11-17(16)25-19/h5,7-11H,2,4,6,23H2,1,3H3,(H,24,25)/b18-12-. The van der Waals surface area contributed by atoms with Gasteiger partial charge in [0.15, 0.2) is 0 Å². The second-order valence-electron chi connectivity index (χ2n) is 6.36. The molecule has 3 nitrogen and oxygen atoms in total. The smallest absolute Gasteiger partial charge is 0.270 e. The van der Waals surface area contributed by atoms with Crippen molar-refractivity contribution in [2.24, 2.45) is 5.73 Å². The molecule has 0 aliphatic heterocycles. The van der Waals surface area contributed by atoms with Crippen LogP contribution in [0.2, 0.25) is 0 Å². The summed E-state index contributed by atoms with van der Waals surface area (Å²) in [5, 5.41) is 0. The number of fused-ring (bicyclic) bond motifs is 1. The third-order valence-corrected chi connectivity index (χ3v) is 4.44. The molecule has 3 N–H and O–H groups in total. The van der Waals surface area contributed by atoms with Crippen LogP contribution in [-0.2, 0) is 5.92 Å². The first-order valence-electron chi connectivity index (χ1n) is 8.18. The molecule has 0 saturated heterocycles. The molecule has 0 saturated carbocycles. The molecule has 2 aromatic rings. The van der Waals surface area contributed by atoms with Crippen molar-refractivity contribution in [1.82, 2.24) is 9.97 Å². The van der Waals surface area contributed by atoms with Gasteiger partial charge in [-0.1, -0.05) is 30.9 Å². The van der Waals surface area contributed by atoms with Crippen molar-refractivity contribution >= 4 is 16.6 Å². The third-order valence-electron chi connectivity index (χ3n) is 4.44. The molecule has 1 aromatic carbocycles. The van der Waals surface area contributed by atoms with Crippen molar-refractivity contribution in [1.29, 1.82) is 0 Å². The number of alkyl halides is 2. The van der Waals surface area contributed by atoms with Crippen molar-refractivity contribution in [2.45, 2.75) is 32.6 Å². The second kappa shape index (κ2) is 6.31. The normalized spacial score (nSPS) is 15.9. The highest BCUT2D eigenvalue weighted by Crippen LogP contribution is 2.31. The van der Waals surface area contributed by atoms with Crippen LogP contribution in [0.3, 0.4) is 0 Å². The quantitative estimate of drug-likeness (QED) is 0.751. The van der Waals surface area contributed by atoms with Crippen molar-refractivity contribution < 1.29 is 8.78 Å². The van der Waals surface area contributed by atoms with Gasteiger partial charge in [-0.25, -0.2) is 13.8 Å². The monoisotopic (exact) mass is 341 g/mol. The summed E-state index contributed by atoms with van der Waals surface area (Å²) < 4.78 is 27.0. The number of hydrogen-bond donors (Lipinski definition) is 2. The molecule has 1 heterocycles. The average molecular weight is 341 g/mol. The van der Waals surface area contributed by atoms with Gasteiger partial charge >= 0.3 is 0 Å². The van der Waals surface area contributed by atoms with E-state index in [1.54, 1.807) is 6.07 Å². The van der Waals surface area contributed by atoms with E-state index in [0.717, 1.165) is 30.9 Å². The van der Waals surface area contributed by atoms with E-state index >= 15 is 0 Å². The number of hydrogen-bond acceptors (Lipinski definition) is 2. The first-order chi connectivity index (χ1) is 11.8. The van der Waals surface area contributed by atoms with Gasteiger partial charge in [0.2, 0.25) is 0 Å². The summed E-state index contributed by atoms with van der Waals surface area (Å²) in [5.41, 5.74) is 10.5. The maximum atomic E-state index is 13.5. The van der Waals surface area contributed by atoms with E-state index < -0.39 is 5.92 Å². The highest BCUT2D eigenvalue weighted by atomic mass is 19.3. The summed E-state index contributed by atoms with van der Waals surface area (Å²) in [4.78, 5) is 7.53. The molecule has 0 amide bonds. The predicted octanol–water partition coefficient (Wildman–Crippen LogP) is 5.20. The van der Waals surface area contributed by atoms with Crippen LogP contribution in [0, 0.1) is 0 Å². The highest BCUT2D eigenvalue weighted by molar-refractivity contribution is 5.83. The molecule has 5 heteroatoms. The van der Waals surface area contributed by atoms with Crippen LogP contribution in [0.4, 0.5) is 8.78 Å². The number of nitrogens with two attached hydrogens (primary N) is 1. The Labute approximate surface area is 145 Å². The number of aromatic amines is 1. The molecule has 3 rings (SSSR count). The van der Waals surface area contributed by atoms with E-state index in [2.05, 4.69) is 28.7 Å². The van der Waals surface area contributed by atoms with Crippen LogP contribution >= 0.6 is 0 Å². The minimum atomic E-state index is -2.89. The first kappa shape index (κ1) is 17.1. The van der Waals surface area contributed by atoms with Crippen LogP contribution in [0.5, 0.6) is 0 Å². The minimum Gasteiger partial charge on any atom is -0.398 e. The Morgan fingerprint density at radius 3 is 2.72 bits per heavy atom. The summed E-state index contributed by atoms with van der Waals surface area (Å²) in [5.74, 6) is -2.36. The number of nitrogens with zero attached hydrogens (tertiary/aromatic N) is 1. The molecule has 0 atom stereocenters. The molecular formula is C20H21F2N3. The van der Waals surface area contributed by atoms with Crippen LogP contribution in [0.1, 0.15) is 38.1 Å². The number of nitrogens with one attached hydrogen (secondary N) is 1. The van der Waals surface area contributed by atoms with Crippen LogP contribution in [0.15, 0.2) is 59.8 Å². The van der Waals surface area contributed by atoms with Gasteiger partial charge in [0.25, 0.3) is 5.92 Å². The van der Waals surface area contributed by atoms with Gasteiger partial charge in [-0.2, -0.15) is 0 Å². The Balaban J connectivity index is 1.97. The number of halogens is 2. The molecule has 1 aliphatic carbocycles. The van der Waals surface area contributed by atoms with E-state index in [1.165, 1.54) is 12.1 Å². The summed E-state index contributed by atoms with van der Waals surface area (Å²) in [7, 11) is 0. The second-order valence-corrected chi connectivity index (χ2v) is 6.36. The van der Waals surface area contributed by atoms with Gasteiger partial charge in [-0.05, 0) is 43.0 Å².